The number of halogens is 2. The highest BCUT2D eigenvalue weighted by Gasteiger charge is 2.34. The van der Waals surface area contributed by atoms with Crippen LogP contribution in [0.5, 0.6) is 5.75 Å². The molecular formula is C25H21ClFNO6. The maximum Gasteiger partial charge on any atom is 0.528 e. The number of nitrogens with zero attached hydrogens (tertiary/aromatic N) is 1. The van der Waals surface area contributed by atoms with Crippen molar-refractivity contribution in [3.05, 3.63) is 99.8 Å². The van der Waals surface area contributed by atoms with Gasteiger partial charge >= 0.3 is 12.1 Å². The fourth-order valence-electron chi connectivity index (χ4n) is 3.84. The molecule has 3 aromatic rings. The van der Waals surface area contributed by atoms with Crippen LogP contribution in [0, 0.1) is 5.82 Å². The van der Waals surface area contributed by atoms with Crippen molar-refractivity contribution in [3.8, 4) is 5.75 Å². The average molecular weight is 486 g/mol. The molecule has 7 nitrogen and oxygen atoms in total. The molecule has 0 saturated carbocycles. The largest absolute Gasteiger partial charge is 0.528 e. The first kappa shape index (κ1) is 23.5. The second-order valence-electron chi connectivity index (χ2n) is 7.58. The van der Waals surface area contributed by atoms with Gasteiger partial charge in [0.05, 0.1) is 6.04 Å². The highest BCUT2D eigenvalue weighted by molar-refractivity contribution is 6.30. The molecule has 3 aromatic carbocycles. The number of hydroxylamine groups is 2. The first-order chi connectivity index (χ1) is 16.4. The number of carbonyl (C=O) groups is 2. The topological polar surface area (TPSA) is 85.3 Å². The van der Waals surface area contributed by atoms with Crippen molar-refractivity contribution < 1.29 is 33.4 Å². The Bertz CT molecular complexity index is 1200. The highest BCUT2D eigenvalue weighted by atomic mass is 35.5. The van der Waals surface area contributed by atoms with Crippen LogP contribution in [-0.2, 0) is 27.4 Å². The fraction of sp³-hybridized carbons (Fsp3) is 0.200. The van der Waals surface area contributed by atoms with Gasteiger partial charge in [-0.1, -0.05) is 54.1 Å². The third-order valence-corrected chi connectivity index (χ3v) is 5.59. The number of hydrogen-bond donors (Lipinski definition) is 1. The molecule has 1 N–H and O–H groups in total. The Morgan fingerprint density at radius 1 is 1.06 bits per heavy atom. The molecule has 0 fully saturated rings. The third kappa shape index (κ3) is 5.47. The van der Waals surface area contributed by atoms with Gasteiger partial charge in [0.25, 0.3) is 0 Å². The van der Waals surface area contributed by atoms with Crippen LogP contribution in [0.2, 0.25) is 5.02 Å². The van der Waals surface area contributed by atoms with Crippen LogP contribution < -0.4 is 4.74 Å². The van der Waals surface area contributed by atoms with Gasteiger partial charge in [-0.05, 0) is 41.8 Å². The molecule has 0 aliphatic carbocycles. The molecule has 0 unspecified atom stereocenters. The van der Waals surface area contributed by atoms with E-state index in [0.717, 1.165) is 11.1 Å². The van der Waals surface area contributed by atoms with Gasteiger partial charge in [0, 0.05) is 22.7 Å². The van der Waals surface area contributed by atoms with Crippen molar-refractivity contribution >= 4 is 23.7 Å². The Hall–Kier alpha value is -3.62. The monoisotopic (exact) mass is 485 g/mol. The Kier molecular flexibility index (Phi) is 7.30. The van der Waals surface area contributed by atoms with E-state index in [1.165, 1.54) is 17.2 Å². The lowest BCUT2D eigenvalue weighted by Gasteiger charge is -2.36. The van der Waals surface area contributed by atoms with Gasteiger partial charge in [0.2, 0.25) is 0 Å². The molecule has 0 saturated heterocycles. The molecular weight excluding hydrogens is 465 g/mol. The summed E-state index contributed by atoms with van der Waals surface area (Å²) in [5.41, 5.74) is 2.64. The first-order valence-electron chi connectivity index (χ1n) is 10.5. The molecule has 9 heteroatoms. The van der Waals surface area contributed by atoms with Crippen LogP contribution >= 0.6 is 11.6 Å². The highest BCUT2D eigenvalue weighted by Crippen LogP contribution is 2.40. The lowest BCUT2D eigenvalue weighted by atomic mass is 9.89. The Balaban J connectivity index is 1.61. The summed E-state index contributed by atoms with van der Waals surface area (Å²) in [5.74, 6) is -1.32. The third-order valence-electron chi connectivity index (χ3n) is 5.35. The molecule has 0 radical (unpaired) electrons. The molecule has 1 aliphatic heterocycles. The van der Waals surface area contributed by atoms with E-state index in [4.69, 9.17) is 31.0 Å². The number of rotatable bonds is 7. The summed E-state index contributed by atoms with van der Waals surface area (Å²) >= 11 is 6.25. The minimum atomic E-state index is -1.13. The maximum absolute atomic E-state index is 13.8. The summed E-state index contributed by atoms with van der Waals surface area (Å²) in [6.45, 7) is -0.499. The van der Waals surface area contributed by atoms with Crippen molar-refractivity contribution in [1.29, 1.82) is 0 Å². The molecule has 0 spiro atoms. The minimum absolute atomic E-state index is 0.221. The fourth-order valence-corrected chi connectivity index (χ4v) is 4.02. The van der Waals surface area contributed by atoms with Crippen LogP contribution in [-0.4, -0.2) is 35.4 Å². The van der Waals surface area contributed by atoms with Crippen molar-refractivity contribution in [2.75, 3.05) is 13.2 Å². The molecule has 4 rings (SSSR count). The smallest absolute Gasteiger partial charge is 0.482 e. The number of benzene rings is 3. The maximum atomic E-state index is 13.8. The Morgan fingerprint density at radius 3 is 2.62 bits per heavy atom. The SMILES string of the molecule is O=C(O)COc1ccc(Cl)cc1[C@@H]1c2ccccc2CCN1OC(=O)OCc1ccccc1F. The molecule has 1 aliphatic rings. The predicted octanol–water partition coefficient (Wildman–Crippen LogP) is 5.16. The summed E-state index contributed by atoms with van der Waals surface area (Å²) in [4.78, 5) is 29.1. The van der Waals surface area contributed by atoms with Gasteiger partial charge in [0.1, 0.15) is 18.2 Å². The van der Waals surface area contributed by atoms with E-state index in [-0.39, 0.29) is 12.2 Å². The predicted molar refractivity (Wildman–Crippen MR) is 121 cm³/mol. The van der Waals surface area contributed by atoms with Gasteiger partial charge in [0.15, 0.2) is 6.61 Å². The van der Waals surface area contributed by atoms with Crippen molar-refractivity contribution in [1.82, 2.24) is 5.06 Å². The first-order valence-corrected chi connectivity index (χ1v) is 10.9. The lowest BCUT2D eigenvalue weighted by Crippen LogP contribution is -2.38. The number of fused-ring (bicyclic) bond motifs is 1. The van der Waals surface area contributed by atoms with E-state index in [0.29, 0.717) is 29.3 Å². The van der Waals surface area contributed by atoms with Crippen LogP contribution in [0.25, 0.3) is 0 Å². The van der Waals surface area contributed by atoms with E-state index in [1.54, 1.807) is 30.3 Å². The normalized spacial score (nSPS) is 15.3. The standard InChI is InChI=1S/C25H21ClFNO6/c26-18-9-10-22(32-15-23(29)30)20(13-18)24-19-7-3-1-5-16(19)11-12-28(24)34-25(31)33-14-17-6-2-4-8-21(17)27/h1-10,13,24H,11-12,14-15H2,(H,29,30)/t24-/m0/s1. The number of hydrogen-bond acceptors (Lipinski definition) is 6. The summed E-state index contributed by atoms with van der Waals surface area (Å²) < 4.78 is 24.5. The van der Waals surface area contributed by atoms with Crippen LogP contribution in [0.3, 0.4) is 0 Å². The van der Waals surface area contributed by atoms with Crippen LogP contribution in [0.15, 0.2) is 66.7 Å². The zero-order valence-electron chi connectivity index (χ0n) is 17.9. The zero-order chi connectivity index (χ0) is 24.1. The number of carboxylic acid groups (broad SMARTS) is 1. The van der Waals surface area contributed by atoms with E-state index < -0.39 is 30.6 Å². The van der Waals surface area contributed by atoms with Gasteiger partial charge in [-0.25, -0.2) is 14.0 Å². The summed E-state index contributed by atoms with van der Waals surface area (Å²) in [7, 11) is 0. The number of carbonyl (C=O) groups excluding carboxylic acids is 1. The lowest BCUT2D eigenvalue weighted by molar-refractivity contribution is -0.152. The summed E-state index contributed by atoms with van der Waals surface area (Å²) in [5, 5.41) is 10.9. The number of carboxylic acids is 1. The quantitative estimate of drug-likeness (QED) is 0.463. The summed E-state index contributed by atoms with van der Waals surface area (Å²) in [6, 6.07) is 17.8. The Labute approximate surface area is 200 Å². The van der Waals surface area contributed by atoms with E-state index in [2.05, 4.69) is 0 Å². The second kappa shape index (κ2) is 10.5. The van der Waals surface area contributed by atoms with Crippen molar-refractivity contribution in [2.45, 2.75) is 19.1 Å². The molecule has 0 amide bonds. The number of aliphatic carboxylic acids is 1. The molecule has 1 heterocycles. The average Bonchev–Trinajstić information content (AvgIpc) is 2.82. The van der Waals surface area contributed by atoms with Crippen LogP contribution in [0.1, 0.15) is 28.3 Å². The Morgan fingerprint density at radius 2 is 1.82 bits per heavy atom. The van der Waals surface area contributed by atoms with Crippen molar-refractivity contribution in [3.63, 3.8) is 0 Å². The molecule has 0 aromatic heterocycles. The van der Waals surface area contributed by atoms with Gasteiger partial charge < -0.3 is 19.4 Å². The van der Waals surface area contributed by atoms with Gasteiger partial charge in [-0.3, -0.25) is 0 Å². The van der Waals surface area contributed by atoms with E-state index >= 15 is 0 Å². The summed E-state index contributed by atoms with van der Waals surface area (Å²) in [6.07, 6.45) is -0.401. The van der Waals surface area contributed by atoms with Gasteiger partial charge in [-0.2, -0.15) is 0 Å². The molecule has 1 atom stereocenters. The van der Waals surface area contributed by atoms with Gasteiger partial charge in [-0.15, -0.1) is 5.06 Å². The minimum Gasteiger partial charge on any atom is -0.482 e. The molecule has 176 valence electrons. The second-order valence-corrected chi connectivity index (χ2v) is 8.01. The van der Waals surface area contributed by atoms with E-state index in [1.807, 2.05) is 24.3 Å². The van der Waals surface area contributed by atoms with Crippen molar-refractivity contribution in [2.24, 2.45) is 0 Å². The zero-order valence-corrected chi connectivity index (χ0v) is 18.7. The van der Waals surface area contributed by atoms with Crippen LogP contribution in [0.4, 0.5) is 9.18 Å². The molecule has 34 heavy (non-hydrogen) atoms. The van der Waals surface area contributed by atoms with E-state index in [9.17, 15) is 14.0 Å². The number of ether oxygens (including phenoxy) is 2. The molecule has 0 bridgehead atoms.